The minimum absolute atomic E-state index is 0.00315. The van der Waals surface area contributed by atoms with Crippen LogP contribution in [0.15, 0.2) is 42.5 Å². The molecule has 2 N–H and O–H groups in total. The van der Waals surface area contributed by atoms with Gasteiger partial charge in [-0.1, -0.05) is 23.7 Å². The smallest absolute Gasteiger partial charge is 0.223 e. The number of carbonyl (C=O) groups excluding carboxylic acids is 1. The number of carbonyl (C=O) groups is 1. The van der Waals surface area contributed by atoms with Crippen molar-refractivity contribution < 1.29 is 13.9 Å². The van der Waals surface area contributed by atoms with Crippen molar-refractivity contribution in [3.63, 3.8) is 0 Å². The molecule has 0 radical (unpaired) electrons. The first-order chi connectivity index (χ1) is 12.0. The fourth-order valence-corrected chi connectivity index (χ4v) is 3.58. The second-order valence-electron chi connectivity index (χ2n) is 6.18. The quantitative estimate of drug-likeness (QED) is 0.885. The fraction of sp³-hybridized carbons (Fsp3) is 0.316. The van der Waals surface area contributed by atoms with Gasteiger partial charge in [0.05, 0.1) is 13.2 Å². The first kappa shape index (κ1) is 17.7. The number of nitrogens with two attached hydrogens (primary N) is 1. The highest BCUT2D eigenvalue weighted by Gasteiger charge is 2.40. The van der Waals surface area contributed by atoms with E-state index in [4.69, 9.17) is 22.1 Å². The Hall–Kier alpha value is -2.11. The number of ether oxygens (including phenoxy) is 1. The van der Waals surface area contributed by atoms with Crippen molar-refractivity contribution in [3.05, 3.63) is 64.4 Å². The summed E-state index contributed by atoms with van der Waals surface area (Å²) in [5, 5.41) is 0.444. The van der Waals surface area contributed by atoms with Crippen molar-refractivity contribution in [2.75, 3.05) is 13.7 Å². The summed E-state index contributed by atoms with van der Waals surface area (Å²) < 4.78 is 18.9. The molecule has 1 amide bonds. The Morgan fingerprint density at radius 2 is 2.00 bits per heavy atom. The van der Waals surface area contributed by atoms with Crippen molar-refractivity contribution in [3.8, 4) is 5.75 Å². The van der Waals surface area contributed by atoms with Gasteiger partial charge >= 0.3 is 0 Å². The summed E-state index contributed by atoms with van der Waals surface area (Å²) in [6.45, 7) is 0.749. The molecule has 0 saturated carbocycles. The van der Waals surface area contributed by atoms with Gasteiger partial charge in [0.2, 0.25) is 5.91 Å². The minimum atomic E-state index is -0.376. The molecule has 0 aliphatic carbocycles. The summed E-state index contributed by atoms with van der Waals surface area (Å²) in [5.41, 5.74) is 7.44. The highest BCUT2D eigenvalue weighted by molar-refractivity contribution is 6.31. The predicted molar refractivity (Wildman–Crippen MR) is 94.9 cm³/mol. The second kappa shape index (κ2) is 7.42. The third-order valence-corrected chi connectivity index (χ3v) is 4.98. The van der Waals surface area contributed by atoms with Crippen molar-refractivity contribution in [2.45, 2.75) is 19.0 Å². The SMILES string of the molecule is COc1ccc(CN2C(=O)C[C@@H](CN)[C@@H]2c2cc(F)ccc2Cl)cc1. The molecular weight excluding hydrogens is 343 g/mol. The lowest BCUT2D eigenvalue weighted by Gasteiger charge is -2.29. The molecule has 4 nitrogen and oxygen atoms in total. The molecule has 1 saturated heterocycles. The lowest BCUT2D eigenvalue weighted by molar-refractivity contribution is -0.129. The maximum absolute atomic E-state index is 13.8. The topological polar surface area (TPSA) is 55.6 Å². The Morgan fingerprint density at radius 3 is 2.64 bits per heavy atom. The van der Waals surface area contributed by atoms with Crippen LogP contribution in [0, 0.1) is 11.7 Å². The number of methoxy groups -OCH3 is 1. The maximum Gasteiger partial charge on any atom is 0.223 e. The molecule has 2 atom stereocenters. The number of likely N-dealkylation sites (tertiary alicyclic amines) is 1. The van der Waals surface area contributed by atoms with Crippen LogP contribution in [0.25, 0.3) is 0 Å². The number of rotatable bonds is 5. The van der Waals surface area contributed by atoms with Gasteiger partial charge < -0.3 is 15.4 Å². The number of halogens is 2. The van der Waals surface area contributed by atoms with Crippen LogP contribution >= 0.6 is 11.6 Å². The largest absolute Gasteiger partial charge is 0.497 e. The van der Waals surface area contributed by atoms with Gasteiger partial charge in [0.25, 0.3) is 0 Å². The summed E-state index contributed by atoms with van der Waals surface area (Å²) in [7, 11) is 1.60. The molecule has 2 aromatic carbocycles. The lowest BCUT2D eigenvalue weighted by Crippen LogP contribution is -2.30. The standard InChI is InChI=1S/C19H20ClFN2O2/c1-25-15-5-2-12(3-6-15)11-23-18(24)8-13(10-22)19(23)16-9-14(21)4-7-17(16)20/h2-7,9,13,19H,8,10-11,22H2,1H3/t13-,19+/m0/s1. The molecule has 1 heterocycles. The van der Waals surface area contributed by atoms with Crippen molar-refractivity contribution >= 4 is 17.5 Å². The summed E-state index contributed by atoms with van der Waals surface area (Å²) in [4.78, 5) is 14.3. The molecule has 25 heavy (non-hydrogen) atoms. The van der Waals surface area contributed by atoms with Gasteiger partial charge in [-0.3, -0.25) is 4.79 Å². The molecule has 2 aromatic rings. The van der Waals surface area contributed by atoms with Gasteiger partial charge in [0, 0.05) is 23.9 Å². The first-order valence-corrected chi connectivity index (χ1v) is 8.48. The molecule has 6 heteroatoms. The maximum atomic E-state index is 13.8. The Balaban J connectivity index is 1.94. The van der Waals surface area contributed by atoms with E-state index in [2.05, 4.69) is 0 Å². The van der Waals surface area contributed by atoms with E-state index in [1.807, 2.05) is 24.3 Å². The van der Waals surface area contributed by atoms with E-state index in [1.165, 1.54) is 18.2 Å². The Labute approximate surface area is 151 Å². The van der Waals surface area contributed by atoms with Crippen LogP contribution in [0.1, 0.15) is 23.6 Å². The van der Waals surface area contributed by atoms with Crippen LogP contribution in [0.2, 0.25) is 5.02 Å². The van der Waals surface area contributed by atoms with E-state index in [-0.39, 0.29) is 23.7 Å². The van der Waals surface area contributed by atoms with E-state index in [1.54, 1.807) is 12.0 Å². The third-order valence-electron chi connectivity index (χ3n) is 4.63. The van der Waals surface area contributed by atoms with Crippen LogP contribution in [0.4, 0.5) is 4.39 Å². The Bertz CT molecular complexity index is 767. The van der Waals surface area contributed by atoms with E-state index in [0.717, 1.165) is 11.3 Å². The highest BCUT2D eigenvalue weighted by Crippen LogP contribution is 2.41. The zero-order valence-electron chi connectivity index (χ0n) is 13.9. The van der Waals surface area contributed by atoms with Crippen LogP contribution in [-0.2, 0) is 11.3 Å². The predicted octanol–water partition coefficient (Wildman–Crippen LogP) is 3.54. The molecule has 0 spiro atoms. The average Bonchev–Trinajstić information content (AvgIpc) is 2.93. The normalized spacial score (nSPS) is 20.2. The zero-order valence-corrected chi connectivity index (χ0v) is 14.7. The lowest BCUT2D eigenvalue weighted by atomic mass is 9.93. The summed E-state index contributed by atoms with van der Waals surface area (Å²) in [6.07, 6.45) is 0.337. The molecule has 3 rings (SSSR count). The van der Waals surface area contributed by atoms with Crippen molar-refractivity contribution in [1.29, 1.82) is 0 Å². The summed E-state index contributed by atoms with van der Waals surface area (Å²) in [5.74, 6) is 0.279. The van der Waals surface area contributed by atoms with Gasteiger partial charge in [-0.2, -0.15) is 0 Å². The minimum Gasteiger partial charge on any atom is -0.497 e. The molecular formula is C19H20ClFN2O2. The number of amides is 1. The van der Waals surface area contributed by atoms with Crippen molar-refractivity contribution in [2.24, 2.45) is 11.7 Å². The Kier molecular flexibility index (Phi) is 5.25. The van der Waals surface area contributed by atoms with Gasteiger partial charge in [0.1, 0.15) is 11.6 Å². The third kappa shape index (κ3) is 3.62. The second-order valence-corrected chi connectivity index (χ2v) is 6.59. The number of hydrogen-bond acceptors (Lipinski definition) is 3. The number of benzene rings is 2. The highest BCUT2D eigenvalue weighted by atomic mass is 35.5. The van der Waals surface area contributed by atoms with Gasteiger partial charge in [-0.25, -0.2) is 4.39 Å². The zero-order chi connectivity index (χ0) is 18.0. The van der Waals surface area contributed by atoms with Crippen LogP contribution < -0.4 is 10.5 Å². The van der Waals surface area contributed by atoms with Gasteiger partial charge in [-0.15, -0.1) is 0 Å². The summed E-state index contributed by atoms with van der Waals surface area (Å²) in [6, 6.07) is 11.4. The van der Waals surface area contributed by atoms with E-state index >= 15 is 0 Å². The molecule has 0 unspecified atom stereocenters. The van der Waals surface area contributed by atoms with Crippen LogP contribution in [-0.4, -0.2) is 24.5 Å². The van der Waals surface area contributed by atoms with E-state index < -0.39 is 0 Å². The monoisotopic (exact) mass is 362 g/mol. The molecule has 1 aliphatic heterocycles. The average molecular weight is 363 g/mol. The Morgan fingerprint density at radius 1 is 1.28 bits per heavy atom. The number of hydrogen-bond donors (Lipinski definition) is 1. The van der Waals surface area contributed by atoms with Crippen LogP contribution in [0.5, 0.6) is 5.75 Å². The molecule has 132 valence electrons. The first-order valence-electron chi connectivity index (χ1n) is 8.11. The molecule has 0 bridgehead atoms. The molecule has 1 aliphatic rings. The van der Waals surface area contributed by atoms with Crippen LogP contribution in [0.3, 0.4) is 0 Å². The molecule has 1 fully saturated rings. The van der Waals surface area contributed by atoms with Gasteiger partial charge in [-0.05, 0) is 48.0 Å². The molecule has 0 aromatic heterocycles. The van der Waals surface area contributed by atoms with E-state index in [0.29, 0.717) is 30.1 Å². The van der Waals surface area contributed by atoms with E-state index in [9.17, 15) is 9.18 Å². The van der Waals surface area contributed by atoms with Gasteiger partial charge in [0.15, 0.2) is 0 Å². The summed E-state index contributed by atoms with van der Waals surface area (Å²) >= 11 is 6.29. The fourth-order valence-electron chi connectivity index (χ4n) is 3.35. The van der Waals surface area contributed by atoms with Crippen molar-refractivity contribution in [1.82, 2.24) is 4.90 Å². The number of nitrogens with zero attached hydrogens (tertiary/aromatic N) is 1.